The number of anilines is 2. The van der Waals surface area contributed by atoms with Crippen molar-refractivity contribution in [1.82, 2.24) is 34.7 Å². The van der Waals surface area contributed by atoms with Gasteiger partial charge in [-0.3, -0.25) is 9.69 Å². The first kappa shape index (κ1) is 26.2. The zero-order valence-electron chi connectivity index (χ0n) is 22.8. The fourth-order valence-corrected chi connectivity index (χ4v) is 5.94. The monoisotopic (exact) mass is 546 g/mol. The van der Waals surface area contributed by atoms with Gasteiger partial charge in [-0.2, -0.15) is 0 Å². The van der Waals surface area contributed by atoms with Crippen LogP contribution in [0.1, 0.15) is 50.5 Å². The lowest BCUT2D eigenvalue weighted by atomic mass is 9.77. The van der Waals surface area contributed by atoms with Gasteiger partial charge in [-0.15, -0.1) is 0 Å². The summed E-state index contributed by atoms with van der Waals surface area (Å²) >= 11 is 0. The summed E-state index contributed by atoms with van der Waals surface area (Å²) in [5.41, 5.74) is 2.33. The third-order valence-corrected chi connectivity index (χ3v) is 8.04. The number of benzene rings is 1. The predicted octanol–water partition coefficient (Wildman–Crippen LogP) is 4.90. The fourth-order valence-electron chi connectivity index (χ4n) is 5.94. The maximum atomic E-state index is 15.0. The van der Waals surface area contributed by atoms with E-state index in [-0.39, 0.29) is 34.5 Å². The average molecular weight is 547 g/mol. The van der Waals surface area contributed by atoms with Crippen molar-refractivity contribution < 1.29 is 13.6 Å². The van der Waals surface area contributed by atoms with Crippen LogP contribution in [0.2, 0.25) is 0 Å². The van der Waals surface area contributed by atoms with E-state index in [1.807, 2.05) is 37.5 Å². The zero-order chi connectivity index (χ0) is 28.0. The molecule has 2 fully saturated rings. The van der Waals surface area contributed by atoms with Crippen molar-refractivity contribution in [2.45, 2.75) is 52.6 Å². The van der Waals surface area contributed by atoms with Crippen LogP contribution in [0.3, 0.4) is 0 Å². The number of carbonyl (C=O) groups excluding carboxylic acids is 1. The van der Waals surface area contributed by atoms with Crippen molar-refractivity contribution in [3.8, 4) is 11.3 Å². The van der Waals surface area contributed by atoms with Crippen LogP contribution in [0.5, 0.6) is 0 Å². The zero-order valence-corrected chi connectivity index (χ0v) is 22.8. The first-order chi connectivity index (χ1) is 19.2. The number of hydrogen-bond acceptors (Lipinski definition) is 7. The van der Waals surface area contributed by atoms with Gasteiger partial charge in [0.05, 0.1) is 11.7 Å². The van der Waals surface area contributed by atoms with E-state index >= 15 is 0 Å². The van der Waals surface area contributed by atoms with Crippen molar-refractivity contribution in [2.75, 3.05) is 25.0 Å². The van der Waals surface area contributed by atoms with Gasteiger partial charge in [0.1, 0.15) is 22.9 Å². The molecule has 0 aliphatic carbocycles. The number of fused-ring (bicyclic) bond motifs is 1. The molecular weight excluding hydrogens is 514 g/mol. The molecule has 1 aromatic carbocycles. The average Bonchev–Trinajstić information content (AvgIpc) is 3.46. The molecule has 2 saturated heterocycles. The Morgan fingerprint density at radius 3 is 2.55 bits per heavy atom. The number of aryl methyl sites for hydroxylation is 1. The lowest BCUT2D eigenvalue weighted by Crippen LogP contribution is -2.40. The van der Waals surface area contributed by atoms with Crippen LogP contribution in [0.4, 0.5) is 20.5 Å². The smallest absolute Gasteiger partial charge is 0.229 e. The van der Waals surface area contributed by atoms with E-state index in [9.17, 15) is 13.6 Å². The number of rotatable bonds is 6. The predicted molar refractivity (Wildman–Crippen MR) is 148 cm³/mol. The molecule has 11 heteroatoms. The molecule has 0 radical (unpaired) electrons. The van der Waals surface area contributed by atoms with Gasteiger partial charge in [0.2, 0.25) is 11.9 Å². The van der Waals surface area contributed by atoms with Gasteiger partial charge < -0.3 is 15.2 Å². The second-order valence-electron chi connectivity index (χ2n) is 11.2. The van der Waals surface area contributed by atoms with Gasteiger partial charge in [-0.25, -0.2) is 28.7 Å². The molecule has 2 aliphatic rings. The second kappa shape index (κ2) is 10.2. The van der Waals surface area contributed by atoms with Crippen LogP contribution in [0, 0.1) is 24.0 Å². The first-order valence-electron chi connectivity index (χ1n) is 13.6. The highest BCUT2D eigenvalue weighted by Gasteiger charge is 2.40. The van der Waals surface area contributed by atoms with E-state index in [4.69, 9.17) is 0 Å². The number of nitrogens with zero attached hydrogens (tertiary/aromatic N) is 6. The highest BCUT2D eigenvalue weighted by atomic mass is 19.1. The van der Waals surface area contributed by atoms with Gasteiger partial charge in [0.25, 0.3) is 0 Å². The van der Waals surface area contributed by atoms with Crippen molar-refractivity contribution >= 4 is 28.7 Å². The summed E-state index contributed by atoms with van der Waals surface area (Å²) in [6, 6.07) is 6.85. The number of aromatic nitrogens is 5. The Kier molecular flexibility index (Phi) is 6.69. The molecule has 2 aliphatic heterocycles. The summed E-state index contributed by atoms with van der Waals surface area (Å²) in [5.74, 6) is 0.349. The SMILES string of the molecule is Cc1nc2c(F)cc(-c3nc(Nc4ccc(CN5CCC6(CC5)CNC(=O)C6)cn4)ncc3F)cc2n1C(C)C. The molecule has 208 valence electrons. The quantitative estimate of drug-likeness (QED) is 0.355. The molecule has 0 atom stereocenters. The van der Waals surface area contributed by atoms with Crippen LogP contribution in [-0.4, -0.2) is 54.9 Å². The van der Waals surface area contributed by atoms with E-state index < -0.39 is 11.6 Å². The van der Waals surface area contributed by atoms with Crippen LogP contribution in [0.15, 0.2) is 36.7 Å². The van der Waals surface area contributed by atoms with Crippen LogP contribution in [0.25, 0.3) is 22.3 Å². The Hall–Kier alpha value is -3.99. The molecule has 6 rings (SSSR count). The Bertz CT molecular complexity index is 1580. The molecule has 40 heavy (non-hydrogen) atoms. The molecule has 0 saturated carbocycles. The minimum absolute atomic E-state index is 0.00823. The number of nitrogens with one attached hydrogen (secondary N) is 2. The van der Waals surface area contributed by atoms with Crippen LogP contribution >= 0.6 is 0 Å². The van der Waals surface area contributed by atoms with Crippen molar-refractivity contribution in [3.63, 3.8) is 0 Å². The molecular formula is C29H32F2N8O. The topological polar surface area (TPSA) is 101 Å². The summed E-state index contributed by atoms with van der Waals surface area (Å²) in [5, 5.41) is 6.01. The standard InChI is InChI=1S/C29H32F2N8O/c1-17(2)39-18(3)35-27-21(30)10-20(11-23(27)39)26-22(31)14-33-28(37-26)36-24-5-4-19(13-32-24)15-38-8-6-29(7-9-38)12-25(40)34-16-29/h4-5,10-11,13-14,17H,6-9,12,15-16H2,1-3H3,(H,34,40)(H,32,33,36,37). The highest BCUT2D eigenvalue weighted by molar-refractivity contribution is 5.83. The number of pyridine rings is 1. The number of amides is 1. The first-order valence-corrected chi connectivity index (χ1v) is 13.6. The molecule has 4 aromatic rings. The number of piperidine rings is 1. The Morgan fingerprint density at radius 2 is 1.88 bits per heavy atom. The van der Waals surface area contributed by atoms with Crippen LogP contribution < -0.4 is 10.6 Å². The third-order valence-electron chi connectivity index (χ3n) is 8.04. The molecule has 0 bridgehead atoms. The Balaban J connectivity index is 1.16. The Labute approximate surface area is 231 Å². The van der Waals surface area contributed by atoms with Gasteiger partial charge in [0.15, 0.2) is 11.6 Å². The lowest BCUT2D eigenvalue weighted by Gasteiger charge is -2.38. The van der Waals surface area contributed by atoms with Gasteiger partial charge >= 0.3 is 0 Å². The number of carbonyl (C=O) groups is 1. The van der Waals surface area contributed by atoms with Gasteiger partial charge in [-0.05, 0) is 75.9 Å². The maximum absolute atomic E-state index is 15.0. The number of imidazole rings is 1. The fraction of sp³-hybridized carbons (Fsp3) is 0.414. The number of hydrogen-bond donors (Lipinski definition) is 2. The van der Waals surface area contributed by atoms with E-state index in [1.165, 1.54) is 6.07 Å². The van der Waals surface area contributed by atoms with E-state index in [1.54, 1.807) is 12.3 Å². The summed E-state index contributed by atoms with van der Waals surface area (Å²) in [6.07, 6.45) is 5.54. The van der Waals surface area contributed by atoms with E-state index in [0.717, 1.165) is 50.8 Å². The summed E-state index contributed by atoms with van der Waals surface area (Å²) in [7, 11) is 0. The maximum Gasteiger partial charge on any atom is 0.229 e. The number of halogens is 2. The third kappa shape index (κ3) is 5.01. The minimum Gasteiger partial charge on any atom is -0.356 e. The number of likely N-dealkylation sites (tertiary alicyclic amines) is 1. The summed E-state index contributed by atoms with van der Waals surface area (Å²) in [4.78, 5) is 31.3. The van der Waals surface area contributed by atoms with E-state index in [0.29, 0.717) is 29.1 Å². The molecule has 0 unspecified atom stereocenters. The van der Waals surface area contributed by atoms with Gasteiger partial charge in [-0.1, -0.05) is 6.07 Å². The lowest BCUT2D eigenvalue weighted by molar-refractivity contribution is -0.119. The molecule has 1 spiro atoms. The molecule has 1 amide bonds. The normalized spacial score (nSPS) is 17.2. The summed E-state index contributed by atoms with van der Waals surface area (Å²) in [6.45, 7) is 9.27. The Morgan fingerprint density at radius 1 is 1.07 bits per heavy atom. The molecule has 5 heterocycles. The molecule has 3 aromatic heterocycles. The van der Waals surface area contributed by atoms with Gasteiger partial charge in [0, 0.05) is 37.3 Å². The van der Waals surface area contributed by atoms with Crippen molar-refractivity contribution in [1.29, 1.82) is 0 Å². The van der Waals surface area contributed by atoms with E-state index in [2.05, 4.69) is 35.5 Å². The van der Waals surface area contributed by atoms with Crippen LogP contribution in [-0.2, 0) is 11.3 Å². The molecule has 2 N–H and O–H groups in total. The van der Waals surface area contributed by atoms with Crippen molar-refractivity contribution in [2.24, 2.45) is 5.41 Å². The largest absolute Gasteiger partial charge is 0.356 e. The van der Waals surface area contributed by atoms with Crippen molar-refractivity contribution in [3.05, 3.63) is 59.7 Å². The second-order valence-corrected chi connectivity index (χ2v) is 11.2. The minimum atomic E-state index is -0.652. The summed E-state index contributed by atoms with van der Waals surface area (Å²) < 4.78 is 31.7. The highest BCUT2D eigenvalue weighted by Crippen LogP contribution is 2.38. The molecule has 9 nitrogen and oxygen atoms in total.